The Kier molecular flexibility index (Phi) is 5.84. The molecule has 156 valence electrons. The highest BCUT2D eigenvalue weighted by molar-refractivity contribution is 5.88. The number of hydrogen-bond donors (Lipinski definition) is 4. The van der Waals surface area contributed by atoms with E-state index in [0.717, 1.165) is 31.9 Å². The lowest BCUT2D eigenvalue weighted by molar-refractivity contribution is 0.250. The quantitative estimate of drug-likeness (QED) is 0.508. The zero-order valence-electron chi connectivity index (χ0n) is 17.0. The van der Waals surface area contributed by atoms with E-state index in [1.807, 2.05) is 26.0 Å². The minimum Gasteiger partial charge on any atom is -0.369 e. The molecule has 0 unspecified atom stereocenters. The fourth-order valence-corrected chi connectivity index (χ4v) is 3.15. The van der Waals surface area contributed by atoms with Crippen LogP contribution in [0.25, 0.3) is 11.0 Å². The van der Waals surface area contributed by atoms with Gasteiger partial charge in [0.1, 0.15) is 0 Å². The smallest absolute Gasteiger partial charge is 0.321 e. The molecule has 0 spiro atoms. The van der Waals surface area contributed by atoms with Gasteiger partial charge < -0.3 is 20.9 Å². The molecule has 10 heteroatoms. The van der Waals surface area contributed by atoms with E-state index in [4.69, 9.17) is 0 Å². The molecule has 1 saturated heterocycles. The Morgan fingerprint density at radius 3 is 2.40 bits per heavy atom. The van der Waals surface area contributed by atoms with E-state index in [2.05, 4.69) is 58.2 Å². The molecule has 0 bridgehead atoms. The summed E-state index contributed by atoms with van der Waals surface area (Å²) in [5.74, 6) is 0.611. The van der Waals surface area contributed by atoms with Gasteiger partial charge in [-0.15, -0.1) is 0 Å². The number of urea groups is 1. The molecule has 1 aromatic carbocycles. The van der Waals surface area contributed by atoms with Gasteiger partial charge in [0.15, 0.2) is 5.65 Å². The lowest BCUT2D eigenvalue weighted by Crippen LogP contribution is -2.43. The van der Waals surface area contributed by atoms with Crippen molar-refractivity contribution < 1.29 is 4.79 Å². The maximum atomic E-state index is 11.9. The van der Waals surface area contributed by atoms with E-state index < -0.39 is 0 Å². The number of carbonyl (C=O) groups is 1. The summed E-state index contributed by atoms with van der Waals surface area (Å²) in [4.78, 5) is 31.4. The van der Waals surface area contributed by atoms with Crippen LogP contribution in [0.2, 0.25) is 0 Å². The number of fused-ring (bicyclic) bond motifs is 1. The number of amides is 2. The van der Waals surface area contributed by atoms with Gasteiger partial charge in [-0.2, -0.15) is 9.97 Å². The van der Waals surface area contributed by atoms with Gasteiger partial charge in [-0.25, -0.2) is 14.8 Å². The third kappa shape index (κ3) is 4.90. The van der Waals surface area contributed by atoms with Crippen LogP contribution in [0.4, 0.5) is 28.1 Å². The zero-order valence-corrected chi connectivity index (χ0v) is 17.0. The molecular formula is C20H25N9O. The maximum Gasteiger partial charge on any atom is 0.321 e. The molecule has 4 rings (SSSR count). The van der Waals surface area contributed by atoms with E-state index in [1.165, 1.54) is 5.69 Å². The van der Waals surface area contributed by atoms with Gasteiger partial charge in [0.25, 0.3) is 0 Å². The third-order valence-corrected chi connectivity index (χ3v) is 4.58. The van der Waals surface area contributed by atoms with E-state index in [9.17, 15) is 4.79 Å². The number of aromatic nitrogens is 4. The Morgan fingerprint density at radius 1 is 1.03 bits per heavy atom. The van der Waals surface area contributed by atoms with Crippen LogP contribution in [0.15, 0.2) is 36.7 Å². The van der Waals surface area contributed by atoms with Crippen molar-refractivity contribution in [2.45, 2.75) is 19.9 Å². The third-order valence-electron chi connectivity index (χ3n) is 4.58. The number of benzene rings is 1. The van der Waals surface area contributed by atoms with Gasteiger partial charge in [-0.1, -0.05) is 0 Å². The van der Waals surface area contributed by atoms with Crippen molar-refractivity contribution >= 4 is 40.3 Å². The fraction of sp³-hybridized carbons (Fsp3) is 0.350. The predicted octanol–water partition coefficient (Wildman–Crippen LogP) is 2.10. The van der Waals surface area contributed by atoms with E-state index in [1.54, 1.807) is 12.4 Å². The molecule has 1 fully saturated rings. The van der Waals surface area contributed by atoms with Crippen molar-refractivity contribution in [2.24, 2.45) is 0 Å². The summed E-state index contributed by atoms with van der Waals surface area (Å²) < 4.78 is 0. The Bertz CT molecular complexity index is 1020. The number of nitrogens with zero attached hydrogens (tertiary/aromatic N) is 5. The summed E-state index contributed by atoms with van der Waals surface area (Å²) in [6, 6.07) is 7.85. The Morgan fingerprint density at radius 2 is 1.70 bits per heavy atom. The molecule has 0 radical (unpaired) electrons. The summed E-state index contributed by atoms with van der Waals surface area (Å²) in [6.07, 6.45) is 3.23. The van der Waals surface area contributed by atoms with Gasteiger partial charge in [-0.05, 0) is 38.1 Å². The van der Waals surface area contributed by atoms with Crippen molar-refractivity contribution in [2.75, 3.05) is 41.7 Å². The maximum absolute atomic E-state index is 11.9. The van der Waals surface area contributed by atoms with E-state index in [-0.39, 0.29) is 18.0 Å². The molecule has 30 heavy (non-hydrogen) atoms. The summed E-state index contributed by atoms with van der Waals surface area (Å²) in [6.45, 7) is 7.77. The molecule has 1 aliphatic rings. The highest BCUT2D eigenvalue weighted by Gasteiger charge is 2.11. The normalized spacial score (nSPS) is 14.0. The highest BCUT2D eigenvalue weighted by atomic mass is 16.2. The Hall–Kier alpha value is -3.53. The fourth-order valence-electron chi connectivity index (χ4n) is 3.15. The summed E-state index contributed by atoms with van der Waals surface area (Å²) in [5.41, 5.74) is 2.53. The second kappa shape index (κ2) is 8.87. The standard InChI is InChI=1S/C20H25N9O/c1-13(2)24-20(30)28-19-23-12-14-11-22-18(26-17(14)27-19)25-15-3-5-16(6-4-15)29-9-7-21-8-10-29/h3-6,11-13,21H,7-10H2,1-2H3,(H3,22,23,24,25,26,27,28,30). The largest absolute Gasteiger partial charge is 0.369 e. The van der Waals surface area contributed by atoms with Crippen LogP contribution in [0.5, 0.6) is 0 Å². The molecule has 3 heterocycles. The minimum absolute atomic E-state index is 0.0153. The summed E-state index contributed by atoms with van der Waals surface area (Å²) >= 11 is 0. The van der Waals surface area contributed by atoms with E-state index in [0.29, 0.717) is 17.0 Å². The lowest BCUT2D eigenvalue weighted by Gasteiger charge is -2.29. The minimum atomic E-state index is -0.360. The first-order chi connectivity index (χ1) is 14.6. The SMILES string of the molecule is CC(C)NC(=O)Nc1ncc2cnc(Nc3ccc(N4CCNCC4)cc3)nc2n1. The summed E-state index contributed by atoms with van der Waals surface area (Å²) in [5, 5.41) is 12.6. The topological polar surface area (TPSA) is 120 Å². The number of rotatable bonds is 5. The predicted molar refractivity (Wildman–Crippen MR) is 117 cm³/mol. The van der Waals surface area contributed by atoms with Gasteiger partial charge in [0.05, 0.1) is 5.39 Å². The van der Waals surface area contributed by atoms with Gasteiger partial charge in [0, 0.05) is 56.0 Å². The van der Waals surface area contributed by atoms with Crippen molar-refractivity contribution in [3.63, 3.8) is 0 Å². The van der Waals surface area contributed by atoms with E-state index >= 15 is 0 Å². The van der Waals surface area contributed by atoms with Gasteiger partial charge in [0.2, 0.25) is 11.9 Å². The second-order valence-corrected chi connectivity index (χ2v) is 7.33. The first-order valence-electron chi connectivity index (χ1n) is 9.97. The van der Waals surface area contributed by atoms with Crippen molar-refractivity contribution in [3.05, 3.63) is 36.7 Å². The molecule has 0 atom stereocenters. The van der Waals surface area contributed by atoms with Crippen LogP contribution in [0.3, 0.4) is 0 Å². The number of piperazine rings is 1. The molecule has 1 aliphatic heterocycles. The van der Waals surface area contributed by atoms with Crippen LogP contribution >= 0.6 is 0 Å². The average Bonchev–Trinajstić information content (AvgIpc) is 2.74. The van der Waals surface area contributed by atoms with Crippen molar-refractivity contribution in [3.8, 4) is 0 Å². The van der Waals surface area contributed by atoms with Crippen LogP contribution in [0, 0.1) is 0 Å². The average molecular weight is 407 g/mol. The summed E-state index contributed by atoms with van der Waals surface area (Å²) in [7, 11) is 0. The molecule has 0 aliphatic carbocycles. The lowest BCUT2D eigenvalue weighted by atomic mass is 10.2. The molecule has 2 amide bonds. The molecule has 10 nitrogen and oxygen atoms in total. The number of anilines is 4. The second-order valence-electron chi connectivity index (χ2n) is 7.33. The Balaban J connectivity index is 1.46. The monoisotopic (exact) mass is 407 g/mol. The van der Waals surface area contributed by atoms with Crippen molar-refractivity contribution in [1.82, 2.24) is 30.6 Å². The first kappa shape index (κ1) is 19.8. The van der Waals surface area contributed by atoms with Crippen LogP contribution < -0.4 is 26.2 Å². The molecule has 3 aromatic rings. The van der Waals surface area contributed by atoms with Gasteiger partial charge in [-0.3, -0.25) is 5.32 Å². The molecular weight excluding hydrogens is 382 g/mol. The van der Waals surface area contributed by atoms with Crippen molar-refractivity contribution in [1.29, 1.82) is 0 Å². The zero-order chi connectivity index (χ0) is 20.9. The van der Waals surface area contributed by atoms with Crippen LogP contribution in [0.1, 0.15) is 13.8 Å². The van der Waals surface area contributed by atoms with Crippen LogP contribution in [-0.4, -0.2) is 58.2 Å². The number of carbonyl (C=O) groups excluding carboxylic acids is 1. The number of nitrogens with one attached hydrogen (secondary N) is 4. The van der Waals surface area contributed by atoms with Gasteiger partial charge >= 0.3 is 6.03 Å². The Labute approximate surface area is 174 Å². The molecule has 0 saturated carbocycles. The first-order valence-corrected chi connectivity index (χ1v) is 9.97. The molecule has 2 aromatic heterocycles. The highest BCUT2D eigenvalue weighted by Crippen LogP contribution is 2.21. The number of hydrogen-bond acceptors (Lipinski definition) is 8. The molecule has 4 N–H and O–H groups in total. The van der Waals surface area contributed by atoms with Crippen LogP contribution in [-0.2, 0) is 0 Å².